The SMILES string of the molecule is CCOc1cc(CNc2cc(Cl)ccc2C)cc(I)c1OCc1ccc(Br)cc1. The molecule has 0 amide bonds. The number of nitrogens with one attached hydrogen (secondary N) is 1. The number of aryl methyl sites for hydroxylation is 1. The Balaban J connectivity index is 1.76. The van der Waals surface area contributed by atoms with Gasteiger partial charge in [-0.15, -0.1) is 0 Å². The lowest BCUT2D eigenvalue weighted by atomic mass is 10.1. The Bertz CT molecular complexity index is 979. The van der Waals surface area contributed by atoms with E-state index in [1.807, 2.05) is 55.5 Å². The van der Waals surface area contributed by atoms with E-state index in [4.69, 9.17) is 21.1 Å². The second-order valence-corrected chi connectivity index (χ2v) is 9.08. The van der Waals surface area contributed by atoms with Crippen LogP contribution in [-0.4, -0.2) is 6.61 Å². The van der Waals surface area contributed by atoms with Gasteiger partial charge in [0.25, 0.3) is 0 Å². The molecule has 0 spiro atoms. The average molecular weight is 587 g/mol. The van der Waals surface area contributed by atoms with Gasteiger partial charge in [-0.25, -0.2) is 0 Å². The van der Waals surface area contributed by atoms with Gasteiger partial charge in [0, 0.05) is 21.7 Å². The molecule has 0 aliphatic rings. The first-order chi connectivity index (χ1) is 14.0. The van der Waals surface area contributed by atoms with Crippen molar-refractivity contribution in [3.05, 3.63) is 84.4 Å². The summed E-state index contributed by atoms with van der Waals surface area (Å²) in [5, 5.41) is 4.18. The Morgan fingerprint density at radius 1 is 1.00 bits per heavy atom. The van der Waals surface area contributed by atoms with E-state index >= 15 is 0 Å². The first-order valence-electron chi connectivity index (χ1n) is 9.28. The van der Waals surface area contributed by atoms with Gasteiger partial charge in [-0.05, 0) is 89.5 Å². The predicted molar refractivity (Wildman–Crippen MR) is 132 cm³/mol. The summed E-state index contributed by atoms with van der Waals surface area (Å²) in [5.41, 5.74) is 4.41. The molecule has 29 heavy (non-hydrogen) atoms. The van der Waals surface area contributed by atoms with Gasteiger partial charge in [0.05, 0.1) is 10.2 Å². The summed E-state index contributed by atoms with van der Waals surface area (Å²) in [6, 6.07) is 18.1. The lowest BCUT2D eigenvalue weighted by Gasteiger charge is -2.17. The fourth-order valence-corrected chi connectivity index (χ4v) is 4.10. The fourth-order valence-electron chi connectivity index (χ4n) is 2.84. The lowest BCUT2D eigenvalue weighted by molar-refractivity contribution is 0.267. The minimum atomic E-state index is 0.489. The summed E-state index contributed by atoms with van der Waals surface area (Å²) in [6.45, 7) is 5.78. The van der Waals surface area contributed by atoms with E-state index in [-0.39, 0.29) is 0 Å². The highest BCUT2D eigenvalue weighted by molar-refractivity contribution is 14.1. The van der Waals surface area contributed by atoms with Gasteiger partial charge in [-0.3, -0.25) is 0 Å². The van der Waals surface area contributed by atoms with E-state index < -0.39 is 0 Å². The molecular formula is C23H22BrClINO2. The van der Waals surface area contributed by atoms with Crippen molar-refractivity contribution in [2.45, 2.75) is 27.0 Å². The van der Waals surface area contributed by atoms with Gasteiger partial charge in [0.1, 0.15) is 6.61 Å². The molecule has 3 aromatic rings. The van der Waals surface area contributed by atoms with E-state index in [1.165, 1.54) is 0 Å². The molecule has 0 aliphatic heterocycles. The molecule has 0 aromatic heterocycles. The molecule has 3 nitrogen and oxygen atoms in total. The number of rotatable bonds is 8. The topological polar surface area (TPSA) is 30.5 Å². The maximum Gasteiger partial charge on any atom is 0.174 e. The Morgan fingerprint density at radius 2 is 1.76 bits per heavy atom. The van der Waals surface area contributed by atoms with Crippen LogP contribution < -0.4 is 14.8 Å². The van der Waals surface area contributed by atoms with Gasteiger partial charge in [-0.2, -0.15) is 0 Å². The molecule has 0 atom stereocenters. The predicted octanol–water partition coefficient (Wildman–Crippen LogP) is 7.61. The lowest BCUT2D eigenvalue weighted by Crippen LogP contribution is -2.05. The Labute approximate surface area is 199 Å². The van der Waals surface area contributed by atoms with Crippen molar-refractivity contribution in [1.29, 1.82) is 0 Å². The van der Waals surface area contributed by atoms with Gasteiger partial charge >= 0.3 is 0 Å². The van der Waals surface area contributed by atoms with E-state index in [1.54, 1.807) is 0 Å². The Kier molecular flexibility index (Phi) is 8.09. The van der Waals surface area contributed by atoms with Crippen LogP contribution in [0.2, 0.25) is 5.02 Å². The van der Waals surface area contributed by atoms with Crippen molar-refractivity contribution in [2.75, 3.05) is 11.9 Å². The maximum absolute atomic E-state index is 6.12. The molecule has 0 fully saturated rings. The number of hydrogen-bond acceptors (Lipinski definition) is 3. The third-order valence-electron chi connectivity index (χ3n) is 4.35. The first kappa shape index (κ1) is 22.2. The fraction of sp³-hybridized carbons (Fsp3) is 0.217. The second-order valence-electron chi connectivity index (χ2n) is 6.57. The van der Waals surface area contributed by atoms with Crippen LogP contribution in [0.5, 0.6) is 11.5 Å². The number of hydrogen-bond donors (Lipinski definition) is 1. The van der Waals surface area contributed by atoms with Crippen LogP contribution >= 0.6 is 50.1 Å². The number of halogens is 3. The zero-order valence-corrected chi connectivity index (χ0v) is 20.8. The molecule has 0 bridgehead atoms. The molecular weight excluding hydrogens is 565 g/mol. The molecule has 0 saturated carbocycles. The van der Waals surface area contributed by atoms with Crippen molar-refractivity contribution in [3.8, 4) is 11.5 Å². The van der Waals surface area contributed by atoms with Gasteiger partial charge < -0.3 is 14.8 Å². The molecule has 0 aliphatic carbocycles. The van der Waals surface area contributed by atoms with Crippen LogP contribution in [0.15, 0.2) is 59.1 Å². The Morgan fingerprint density at radius 3 is 2.48 bits per heavy atom. The summed E-state index contributed by atoms with van der Waals surface area (Å²) in [4.78, 5) is 0. The molecule has 3 rings (SSSR count). The van der Waals surface area contributed by atoms with E-state index in [2.05, 4.69) is 56.8 Å². The number of anilines is 1. The largest absolute Gasteiger partial charge is 0.490 e. The average Bonchev–Trinajstić information content (AvgIpc) is 2.69. The summed E-state index contributed by atoms with van der Waals surface area (Å²) < 4.78 is 14.1. The molecule has 0 saturated heterocycles. The van der Waals surface area contributed by atoms with E-state index in [9.17, 15) is 0 Å². The minimum absolute atomic E-state index is 0.489. The van der Waals surface area contributed by atoms with E-state index in [0.717, 1.165) is 46.9 Å². The molecule has 1 N–H and O–H groups in total. The molecule has 0 unspecified atom stereocenters. The van der Waals surface area contributed by atoms with Crippen molar-refractivity contribution < 1.29 is 9.47 Å². The maximum atomic E-state index is 6.12. The van der Waals surface area contributed by atoms with Gasteiger partial charge in [0.2, 0.25) is 0 Å². The minimum Gasteiger partial charge on any atom is -0.490 e. The smallest absolute Gasteiger partial charge is 0.174 e. The van der Waals surface area contributed by atoms with Crippen LogP contribution in [0.3, 0.4) is 0 Å². The van der Waals surface area contributed by atoms with Crippen molar-refractivity contribution in [1.82, 2.24) is 0 Å². The molecule has 152 valence electrons. The highest BCUT2D eigenvalue weighted by Gasteiger charge is 2.13. The first-order valence-corrected chi connectivity index (χ1v) is 11.5. The van der Waals surface area contributed by atoms with Gasteiger partial charge in [-0.1, -0.05) is 45.7 Å². The monoisotopic (exact) mass is 585 g/mol. The van der Waals surface area contributed by atoms with Crippen molar-refractivity contribution >= 4 is 55.8 Å². The molecule has 0 radical (unpaired) electrons. The third kappa shape index (κ3) is 6.27. The van der Waals surface area contributed by atoms with Crippen molar-refractivity contribution in [2.24, 2.45) is 0 Å². The Hall–Kier alpha value is -1.44. The third-order valence-corrected chi connectivity index (χ3v) is 5.91. The zero-order chi connectivity index (χ0) is 20.8. The second kappa shape index (κ2) is 10.5. The van der Waals surface area contributed by atoms with Crippen LogP contribution in [0.1, 0.15) is 23.6 Å². The molecule has 3 aromatic carbocycles. The van der Waals surface area contributed by atoms with Crippen LogP contribution in [0, 0.1) is 10.5 Å². The standard InChI is InChI=1S/C23H22BrClINO2/c1-3-28-22-11-17(13-27-21-12-19(25)9-4-15(21)2)10-20(26)23(22)29-14-16-5-7-18(24)8-6-16/h4-12,27H,3,13-14H2,1-2H3. The van der Waals surface area contributed by atoms with Crippen LogP contribution in [-0.2, 0) is 13.2 Å². The molecule has 0 heterocycles. The number of benzene rings is 3. The summed E-state index contributed by atoms with van der Waals surface area (Å²) in [6.07, 6.45) is 0. The quantitative estimate of drug-likeness (QED) is 0.276. The van der Waals surface area contributed by atoms with Crippen molar-refractivity contribution in [3.63, 3.8) is 0 Å². The van der Waals surface area contributed by atoms with Crippen LogP contribution in [0.25, 0.3) is 0 Å². The molecule has 6 heteroatoms. The normalized spacial score (nSPS) is 10.7. The van der Waals surface area contributed by atoms with E-state index in [0.29, 0.717) is 19.8 Å². The highest BCUT2D eigenvalue weighted by Crippen LogP contribution is 2.35. The summed E-state index contributed by atoms with van der Waals surface area (Å²) in [7, 11) is 0. The van der Waals surface area contributed by atoms with Gasteiger partial charge in [0.15, 0.2) is 11.5 Å². The summed E-state index contributed by atoms with van der Waals surface area (Å²) in [5.74, 6) is 1.54. The zero-order valence-electron chi connectivity index (χ0n) is 16.3. The number of ether oxygens (including phenoxy) is 2. The highest BCUT2D eigenvalue weighted by atomic mass is 127. The van der Waals surface area contributed by atoms with Crippen LogP contribution in [0.4, 0.5) is 5.69 Å². The summed E-state index contributed by atoms with van der Waals surface area (Å²) >= 11 is 11.9.